The van der Waals surface area contributed by atoms with Gasteiger partial charge in [0.05, 0.1) is 13.2 Å². The second kappa shape index (κ2) is 6.87. The fraction of sp³-hybridized carbons (Fsp3) is 0.471. The van der Waals surface area contributed by atoms with Gasteiger partial charge in [0.25, 0.3) is 0 Å². The average Bonchev–Trinajstić information content (AvgIpc) is 2.86. The lowest BCUT2D eigenvalue weighted by molar-refractivity contribution is -0.152. The molecule has 1 amide bonds. The Hall–Kier alpha value is -1.65. The Morgan fingerprint density at radius 2 is 1.95 bits per heavy atom. The van der Waals surface area contributed by atoms with Crippen molar-refractivity contribution in [1.82, 2.24) is 5.32 Å². The summed E-state index contributed by atoms with van der Waals surface area (Å²) in [5.41, 5.74) is 1.68. The first-order valence-electron chi connectivity index (χ1n) is 7.27. The number of rotatable bonds is 6. The molecule has 0 saturated carbocycles. The molecule has 21 heavy (non-hydrogen) atoms. The van der Waals surface area contributed by atoms with Crippen LogP contribution >= 0.6 is 0 Å². The Balaban J connectivity index is 2.06. The first-order valence-corrected chi connectivity index (χ1v) is 7.27. The molecule has 1 aromatic rings. The number of nitrogens with one attached hydrogen (secondary N) is 1. The highest BCUT2D eigenvalue weighted by atomic mass is 16.7. The van der Waals surface area contributed by atoms with Gasteiger partial charge in [-0.3, -0.25) is 4.79 Å². The highest BCUT2D eigenvalue weighted by Gasteiger charge is 2.34. The third kappa shape index (κ3) is 4.69. The number of hydrogen-bond donors (Lipinski definition) is 1. The zero-order valence-electron chi connectivity index (χ0n) is 12.7. The summed E-state index contributed by atoms with van der Waals surface area (Å²) in [6, 6.07) is 10.0. The van der Waals surface area contributed by atoms with Crippen LogP contribution in [0.4, 0.5) is 0 Å². The molecule has 114 valence electrons. The van der Waals surface area contributed by atoms with Crippen molar-refractivity contribution in [3.8, 4) is 0 Å². The highest BCUT2D eigenvalue weighted by molar-refractivity contribution is 5.92. The summed E-state index contributed by atoms with van der Waals surface area (Å²) >= 11 is 0. The molecule has 0 spiro atoms. The monoisotopic (exact) mass is 289 g/mol. The molecule has 0 aromatic heterocycles. The molecule has 0 radical (unpaired) electrons. The molecule has 2 rings (SSSR count). The molecule has 1 aliphatic heterocycles. The fourth-order valence-corrected chi connectivity index (χ4v) is 2.50. The van der Waals surface area contributed by atoms with Crippen molar-refractivity contribution in [2.24, 2.45) is 0 Å². The van der Waals surface area contributed by atoms with Crippen LogP contribution in [0.1, 0.15) is 25.8 Å². The van der Waals surface area contributed by atoms with E-state index in [1.165, 1.54) is 5.56 Å². The molecule has 1 fully saturated rings. The maximum Gasteiger partial charge on any atom is 0.246 e. The predicted molar refractivity (Wildman–Crippen MR) is 81.8 cm³/mol. The number of carbonyl (C=O) groups excluding carboxylic acids is 1. The minimum absolute atomic E-state index is 0.0558. The second-order valence-corrected chi connectivity index (χ2v) is 5.68. The van der Waals surface area contributed by atoms with E-state index >= 15 is 0 Å². The molecule has 4 heteroatoms. The normalized spacial score (nSPS) is 18.2. The van der Waals surface area contributed by atoms with Gasteiger partial charge in [-0.05, 0) is 25.8 Å². The molecule has 1 saturated heterocycles. The van der Waals surface area contributed by atoms with Crippen molar-refractivity contribution in [3.63, 3.8) is 0 Å². The van der Waals surface area contributed by atoms with Crippen LogP contribution in [0, 0.1) is 0 Å². The average molecular weight is 289 g/mol. The third-order valence-electron chi connectivity index (χ3n) is 3.56. The van der Waals surface area contributed by atoms with E-state index in [1.54, 1.807) is 6.92 Å². The summed E-state index contributed by atoms with van der Waals surface area (Å²) in [5, 5.41) is 3.02. The standard InChI is InChI=1S/C17H23NO3/c1-13(2)16(19)18-15(11-14-7-5-4-6-8-14)12-17(3)20-9-10-21-17/h4-8,15H,1,9-12H2,2-3H3,(H,18,19). The first kappa shape index (κ1) is 15.7. The Morgan fingerprint density at radius 1 is 1.33 bits per heavy atom. The van der Waals surface area contributed by atoms with E-state index in [0.29, 0.717) is 25.2 Å². The summed E-state index contributed by atoms with van der Waals surface area (Å²) in [7, 11) is 0. The van der Waals surface area contributed by atoms with E-state index in [9.17, 15) is 4.79 Å². The van der Waals surface area contributed by atoms with Gasteiger partial charge >= 0.3 is 0 Å². The van der Waals surface area contributed by atoms with Crippen molar-refractivity contribution in [2.45, 2.75) is 38.5 Å². The van der Waals surface area contributed by atoms with E-state index < -0.39 is 5.79 Å². The van der Waals surface area contributed by atoms with Gasteiger partial charge in [-0.1, -0.05) is 36.9 Å². The lowest BCUT2D eigenvalue weighted by Gasteiger charge is -2.28. The molecular weight excluding hydrogens is 266 g/mol. The lowest BCUT2D eigenvalue weighted by Crippen LogP contribution is -2.43. The number of hydrogen-bond acceptors (Lipinski definition) is 3. The van der Waals surface area contributed by atoms with Crippen molar-refractivity contribution in [3.05, 3.63) is 48.0 Å². The van der Waals surface area contributed by atoms with Gasteiger partial charge in [-0.25, -0.2) is 0 Å². The molecule has 1 atom stereocenters. The Bertz CT molecular complexity index is 492. The molecule has 0 bridgehead atoms. The maximum atomic E-state index is 11.9. The van der Waals surface area contributed by atoms with Crippen molar-refractivity contribution in [2.75, 3.05) is 13.2 Å². The van der Waals surface area contributed by atoms with Crippen molar-refractivity contribution < 1.29 is 14.3 Å². The minimum atomic E-state index is -0.623. The molecule has 1 heterocycles. The van der Waals surface area contributed by atoms with Crippen LogP contribution in [0.15, 0.2) is 42.5 Å². The van der Waals surface area contributed by atoms with Gasteiger partial charge in [-0.2, -0.15) is 0 Å². The van der Waals surface area contributed by atoms with Gasteiger partial charge in [0.2, 0.25) is 5.91 Å². The summed E-state index contributed by atoms with van der Waals surface area (Å²) in [4.78, 5) is 11.9. The third-order valence-corrected chi connectivity index (χ3v) is 3.56. The summed E-state index contributed by atoms with van der Waals surface area (Å²) in [6.07, 6.45) is 1.35. The number of carbonyl (C=O) groups is 1. The number of benzene rings is 1. The van der Waals surface area contributed by atoms with Crippen molar-refractivity contribution >= 4 is 5.91 Å². The molecule has 0 aliphatic carbocycles. The number of amides is 1. The summed E-state index contributed by atoms with van der Waals surface area (Å²) < 4.78 is 11.3. The lowest BCUT2D eigenvalue weighted by atomic mass is 9.99. The van der Waals surface area contributed by atoms with Gasteiger partial charge in [0, 0.05) is 18.0 Å². The maximum absolute atomic E-state index is 11.9. The van der Waals surface area contributed by atoms with Crippen LogP contribution in [0.5, 0.6) is 0 Å². The van der Waals surface area contributed by atoms with Crippen LogP contribution < -0.4 is 5.32 Å². The molecule has 1 aliphatic rings. The Kier molecular flexibility index (Phi) is 5.15. The van der Waals surface area contributed by atoms with E-state index in [-0.39, 0.29) is 11.9 Å². The second-order valence-electron chi connectivity index (χ2n) is 5.68. The molecule has 4 nitrogen and oxygen atoms in total. The van der Waals surface area contributed by atoms with E-state index in [2.05, 4.69) is 24.0 Å². The van der Waals surface area contributed by atoms with Crippen LogP contribution in [0.2, 0.25) is 0 Å². The SMILES string of the molecule is C=C(C)C(=O)NC(Cc1ccccc1)CC1(C)OCCO1. The van der Waals surface area contributed by atoms with Gasteiger partial charge < -0.3 is 14.8 Å². The molecule has 1 unspecified atom stereocenters. The molecule has 1 aromatic carbocycles. The largest absolute Gasteiger partial charge is 0.349 e. The minimum Gasteiger partial charge on any atom is -0.349 e. The smallest absolute Gasteiger partial charge is 0.246 e. The van der Waals surface area contributed by atoms with Crippen LogP contribution in [-0.2, 0) is 20.7 Å². The van der Waals surface area contributed by atoms with Crippen LogP contribution in [0.3, 0.4) is 0 Å². The fourth-order valence-electron chi connectivity index (χ4n) is 2.50. The van der Waals surface area contributed by atoms with E-state index in [0.717, 1.165) is 6.42 Å². The van der Waals surface area contributed by atoms with Gasteiger partial charge in [0.15, 0.2) is 5.79 Å². The zero-order valence-corrected chi connectivity index (χ0v) is 12.7. The van der Waals surface area contributed by atoms with Crippen LogP contribution in [-0.4, -0.2) is 30.9 Å². The van der Waals surface area contributed by atoms with E-state index in [1.807, 2.05) is 25.1 Å². The van der Waals surface area contributed by atoms with Crippen LogP contribution in [0.25, 0.3) is 0 Å². The zero-order chi connectivity index (χ0) is 15.3. The summed E-state index contributed by atoms with van der Waals surface area (Å²) in [6.45, 7) is 8.52. The van der Waals surface area contributed by atoms with Gasteiger partial charge in [0.1, 0.15) is 0 Å². The topological polar surface area (TPSA) is 47.6 Å². The first-order chi connectivity index (χ1) is 9.98. The quantitative estimate of drug-likeness (QED) is 0.818. The molecule has 1 N–H and O–H groups in total. The molecular formula is C17H23NO3. The Morgan fingerprint density at radius 3 is 2.52 bits per heavy atom. The van der Waals surface area contributed by atoms with Crippen molar-refractivity contribution in [1.29, 1.82) is 0 Å². The Labute approximate surface area is 126 Å². The highest BCUT2D eigenvalue weighted by Crippen LogP contribution is 2.25. The summed E-state index contributed by atoms with van der Waals surface area (Å²) in [5.74, 6) is -0.751. The predicted octanol–water partition coefficient (Wildman–Crippen LogP) is 2.44. The number of ether oxygens (including phenoxy) is 2. The van der Waals surface area contributed by atoms with Gasteiger partial charge in [-0.15, -0.1) is 0 Å². The van der Waals surface area contributed by atoms with E-state index in [4.69, 9.17) is 9.47 Å².